The van der Waals surface area contributed by atoms with Crippen LogP contribution in [0.2, 0.25) is 0 Å². The summed E-state index contributed by atoms with van der Waals surface area (Å²) in [5.74, 6) is -2.53. The molecule has 4 unspecified atom stereocenters. The zero-order valence-electron chi connectivity index (χ0n) is 29.8. The molecule has 0 bridgehead atoms. The quantitative estimate of drug-likeness (QED) is 0.0589. The number of halogens is 1. The number of fused-ring (bicyclic) bond motifs is 3. The summed E-state index contributed by atoms with van der Waals surface area (Å²) in [6.45, 7) is 5.71. The Kier molecular flexibility index (Phi) is 11.8. The van der Waals surface area contributed by atoms with Gasteiger partial charge in [-0.2, -0.15) is 5.10 Å². The van der Waals surface area contributed by atoms with Crippen molar-refractivity contribution in [2.45, 2.75) is 89.1 Å². The van der Waals surface area contributed by atoms with E-state index in [2.05, 4.69) is 17.5 Å². The van der Waals surface area contributed by atoms with Crippen molar-refractivity contribution in [1.82, 2.24) is 5.43 Å². The number of aliphatic hydroxyl groups excluding tert-OH is 1. The fourth-order valence-electron chi connectivity index (χ4n) is 7.01. The summed E-state index contributed by atoms with van der Waals surface area (Å²) in [5.41, 5.74) is 5.97. The molecule has 7 N–H and O–H groups in total. The summed E-state index contributed by atoms with van der Waals surface area (Å²) in [6, 6.07) is 10.2. The van der Waals surface area contributed by atoms with Gasteiger partial charge < -0.3 is 45.1 Å². The maximum absolute atomic E-state index is 14.0. The van der Waals surface area contributed by atoms with Crippen LogP contribution in [0.5, 0.6) is 23.0 Å². The number of ether oxygens (including phenoxy) is 4. The third kappa shape index (κ3) is 7.35. The van der Waals surface area contributed by atoms with Crippen molar-refractivity contribution in [3.05, 3.63) is 81.4 Å². The van der Waals surface area contributed by atoms with Crippen molar-refractivity contribution in [3.63, 3.8) is 0 Å². The Morgan fingerprint density at radius 3 is 2.43 bits per heavy atom. The van der Waals surface area contributed by atoms with Crippen molar-refractivity contribution in [2.24, 2.45) is 10.8 Å². The van der Waals surface area contributed by atoms with Crippen molar-refractivity contribution in [1.29, 1.82) is 0 Å². The van der Waals surface area contributed by atoms with Crippen molar-refractivity contribution >= 4 is 35.6 Å². The molecule has 1 fully saturated rings. The van der Waals surface area contributed by atoms with Crippen LogP contribution in [0.3, 0.4) is 0 Å². The van der Waals surface area contributed by atoms with Crippen LogP contribution in [0, 0.1) is 0 Å². The van der Waals surface area contributed by atoms with E-state index in [0.717, 1.165) is 12.8 Å². The average molecular weight is 754 g/mol. The number of nitrogens with zero attached hydrogens (tertiary/aromatic N) is 1. The average Bonchev–Trinajstić information content (AvgIpc) is 3.12. The SMILES string of the molecule is CCCCOc1ccc(C(=O)N/N=C(\C)[C@]2(O)Cc3c(O)c4c(c(O)c3[C@@H](OC3CC(N)C(O)C(C)O3)C2)C(=O)c2c(OC)cccc2C4=O)cc1.Cl. The molecule has 3 aromatic carbocycles. The molecule has 6 atom stereocenters. The molecule has 1 saturated heterocycles. The van der Waals surface area contributed by atoms with E-state index in [0.29, 0.717) is 12.4 Å². The van der Waals surface area contributed by atoms with Gasteiger partial charge in [-0.3, -0.25) is 14.4 Å². The van der Waals surface area contributed by atoms with Crippen LogP contribution < -0.4 is 20.6 Å². The molecule has 1 aliphatic heterocycles. The number of unbranched alkanes of at least 4 members (excludes halogenated alkanes) is 1. The van der Waals surface area contributed by atoms with Gasteiger partial charge in [-0.25, -0.2) is 5.43 Å². The number of hydrogen-bond donors (Lipinski definition) is 6. The van der Waals surface area contributed by atoms with E-state index in [9.17, 15) is 34.8 Å². The first-order valence-corrected chi connectivity index (χ1v) is 17.2. The number of phenols is 2. The fourth-order valence-corrected chi connectivity index (χ4v) is 7.01. The highest BCUT2D eigenvalue weighted by Crippen LogP contribution is 2.52. The molecule has 284 valence electrons. The Bertz CT molecular complexity index is 1920. The maximum Gasteiger partial charge on any atom is 0.271 e. The molecule has 0 spiro atoms. The molecular formula is C38H44ClN3O11. The molecule has 2 aliphatic carbocycles. The lowest BCUT2D eigenvalue weighted by molar-refractivity contribution is -0.245. The van der Waals surface area contributed by atoms with E-state index in [1.54, 1.807) is 31.2 Å². The van der Waals surface area contributed by atoms with Gasteiger partial charge in [0.25, 0.3) is 5.91 Å². The van der Waals surface area contributed by atoms with Crippen LogP contribution in [-0.2, 0) is 15.9 Å². The molecule has 6 rings (SSSR count). The zero-order valence-corrected chi connectivity index (χ0v) is 30.6. The first-order valence-electron chi connectivity index (χ1n) is 17.2. The third-order valence-electron chi connectivity index (χ3n) is 10.0. The lowest BCUT2D eigenvalue weighted by Crippen LogP contribution is -2.52. The van der Waals surface area contributed by atoms with Gasteiger partial charge in [-0.1, -0.05) is 25.5 Å². The van der Waals surface area contributed by atoms with Crippen LogP contribution in [0.25, 0.3) is 0 Å². The van der Waals surface area contributed by atoms with E-state index in [-0.39, 0.29) is 70.9 Å². The van der Waals surface area contributed by atoms with Crippen molar-refractivity contribution < 1.29 is 53.8 Å². The second-order valence-electron chi connectivity index (χ2n) is 13.4. The number of methoxy groups -OCH3 is 1. The minimum Gasteiger partial charge on any atom is -0.507 e. The minimum atomic E-state index is -1.91. The van der Waals surface area contributed by atoms with Gasteiger partial charge in [0, 0.05) is 47.6 Å². The molecule has 0 saturated carbocycles. The molecule has 0 aromatic heterocycles. The number of ketones is 2. The molecule has 0 radical (unpaired) electrons. The normalized spacial score (nSPS) is 25.0. The van der Waals surface area contributed by atoms with E-state index in [1.165, 1.54) is 32.2 Å². The zero-order chi connectivity index (χ0) is 37.5. The molecule has 3 aliphatic rings. The first-order chi connectivity index (χ1) is 24.8. The smallest absolute Gasteiger partial charge is 0.271 e. The number of aromatic hydroxyl groups is 2. The number of carbonyl (C=O) groups is 3. The summed E-state index contributed by atoms with van der Waals surface area (Å²) in [4.78, 5) is 40.9. The summed E-state index contributed by atoms with van der Waals surface area (Å²) in [6.07, 6.45) is -2.72. The Hall–Kier alpha value is -4.57. The molecular weight excluding hydrogens is 710 g/mol. The molecule has 15 heteroatoms. The minimum absolute atomic E-state index is 0. The van der Waals surface area contributed by atoms with Gasteiger partial charge in [0.2, 0.25) is 5.78 Å². The standard InChI is InChI=1S/C38H43N3O11.ClH/c1-5-6-14-50-21-12-10-20(11-13-21)37(47)41-40-19(3)38(48)16-23-29(26(17-38)52-27-15-24(39)32(42)18(2)51-27)36(46)31-30(34(23)44)33(43)22-8-7-9-25(49-4)28(22)35(31)45;/h7-13,18,24,26-27,32,42,44,46,48H,5-6,14-17,39H2,1-4H3,(H,41,47);1H/b40-19+;/t18?,24?,26-,27?,32?,38-;/m0./s1. The Labute approximate surface area is 312 Å². The lowest BCUT2D eigenvalue weighted by Gasteiger charge is -2.42. The summed E-state index contributed by atoms with van der Waals surface area (Å²) < 4.78 is 23.2. The number of amides is 1. The van der Waals surface area contributed by atoms with Crippen molar-refractivity contribution in [2.75, 3.05) is 13.7 Å². The van der Waals surface area contributed by atoms with Gasteiger partial charge in [0.15, 0.2) is 12.1 Å². The topological polar surface area (TPSA) is 219 Å². The van der Waals surface area contributed by atoms with Crippen LogP contribution in [0.4, 0.5) is 0 Å². The third-order valence-corrected chi connectivity index (χ3v) is 10.0. The Morgan fingerprint density at radius 2 is 1.77 bits per heavy atom. The van der Waals surface area contributed by atoms with Crippen LogP contribution in [0.1, 0.15) is 106 Å². The highest BCUT2D eigenvalue weighted by atomic mass is 35.5. The summed E-state index contributed by atoms with van der Waals surface area (Å²) >= 11 is 0. The van der Waals surface area contributed by atoms with E-state index >= 15 is 0 Å². The first kappa shape index (κ1) is 39.6. The highest BCUT2D eigenvalue weighted by Gasteiger charge is 2.49. The monoisotopic (exact) mass is 753 g/mol. The summed E-state index contributed by atoms with van der Waals surface area (Å²) in [7, 11) is 1.34. The highest BCUT2D eigenvalue weighted by molar-refractivity contribution is 6.31. The number of nitrogens with two attached hydrogens (primary N) is 1. The molecule has 53 heavy (non-hydrogen) atoms. The Morgan fingerprint density at radius 1 is 1.08 bits per heavy atom. The number of carbonyl (C=O) groups excluding carboxylic acids is 3. The van der Waals surface area contributed by atoms with Crippen LogP contribution >= 0.6 is 12.4 Å². The van der Waals surface area contributed by atoms with Crippen LogP contribution in [0.15, 0.2) is 47.6 Å². The Balaban J connectivity index is 0.00000541. The number of benzene rings is 3. The number of rotatable bonds is 10. The molecule has 1 heterocycles. The molecule has 1 amide bonds. The number of nitrogens with one attached hydrogen (secondary N) is 1. The number of phenolic OH excluding ortho intramolecular Hbond substituents is 2. The number of hydrazone groups is 1. The predicted molar refractivity (Wildman–Crippen MR) is 194 cm³/mol. The summed E-state index contributed by atoms with van der Waals surface area (Å²) in [5, 5.41) is 50.3. The van der Waals surface area contributed by atoms with E-state index < -0.39 is 76.3 Å². The predicted octanol–water partition coefficient (Wildman–Crippen LogP) is 3.85. The molecule has 3 aromatic rings. The molecule has 14 nitrogen and oxygen atoms in total. The number of aliphatic hydroxyl groups is 2. The van der Waals surface area contributed by atoms with Gasteiger partial charge in [0.05, 0.1) is 54.4 Å². The second-order valence-corrected chi connectivity index (χ2v) is 13.4. The van der Waals surface area contributed by atoms with Gasteiger partial charge >= 0.3 is 0 Å². The van der Waals surface area contributed by atoms with E-state index in [1.807, 2.05) is 0 Å². The number of hydrogen-bond acceptors (Lipinski definition) is 13. The lowest BCUT2D eigenvalue weighted by atomic mass is 9.71. The van der Waals surface area contributed by atoms with Gasteiger partial charge in [-0.05, 0) is 50.6 Å². The van der Waals surface area contributed by atoms with Crippen LogP contribution in [-0.4, -0.2) is 87.5 Å². The van der Waals surface area contributed by atoms with E-state index in [4.69, 9.17) is 24.7 Å². The van der Waals surface area contributed by atoms with Gasteiger partial charge in [-0.15, -0.1) is 12.4 Å². The van der Waals surface area contributed by atoms with Crippen molar-refractivity contribution in [3.8, 4) is 23.0 Å². The fraction of sp³-hybridized carbons (Fsp3) is 0.421. The second kappa shape index (κ2) is 15.8. The maximum atomic E-state index is 14.0. The largest absolute Gasteiger partial charge is 0.507 e. The van der Waals surface area contributed by atoms with Gasteiger partial charge in [0.1, 0.15) is 28.6 Å².